The Morgan fingerprint density at radius 2 is 1.90 bits per heavy atom. The molecule has 0 aliphatic carbocycles. The van der Waals surface area contributed by atoms with Crippen LogP contribution in [-0.2, 0) is 9.59 Å². The van der Waals surface area contributed by atoms with E-state index in [0.717, 1.165) is 21.1 Å². The Morgan fingerprint density at radius 3 is 2.60 bits per heavy atom. The topological polar surface area (TPSA) is 84.9 Å². The van der Waals surface area contributed by atoms with Crippen LogP contribution < -0.4 is 14.8 Å². The first-order chi connectivity index (χ1) is 14.3. The number of benzene rings is 2. The monoisotopic (exact) mass is 554 g/mol. The van der Waals surface area contributed by atoms with E-state index in [4.69, 9.17) is 9.47 Å². The fourth-order valence-corrected chi connectivity index (χ4v) is 5.01. The van der Waals surface area contributed by atoms with E-state index < -0.39 is 23.6 Å². The van der Waals surface area contributed by atoms with E-state index in [0.29, 0.717) is 27.2 Å². The molecule has 2 aromatic rings. The highest BCUT2D eigenvalue weighted by Crippen LogP contribution is 2.38. The van der Waals surface area contributed by atoms with Gasteiger partial charge in [0.15, 0.2) is 0 Å². The SMILES string of the molecule is COc1ccccc1NC(=O)CN1C(=O)S/C(=C/c2cc(Br)cc(Br)c2OC)C1=O. The molecule has 1 heterocycles. The Labute approximate surface area is 194 Å². The Kier molecular flexibility index (Phi) is 7.22. The molecule has 30 heavy (non-hydrogen) atoms. The number of imide groups is 1. The number of nitrogens with zero attached hydrogens (tertiary/aromatic N) is 1. The maximum absolute atomic E-state index is 12.7. The van der Waals surface area contributed by atoms with Crippen LogP contribution in [0.5, 0.6) is 11.5 Å². The largest absolute Gasteiger partial charge is 0.495 e. The number of carbonyl (C=O) groups excluding carboxylic acids is 3. The van der Waals surface area contributed by atoms with Gasteiger partial charge in [0.1, 0.15) is 18.0 Å². The molecule has 0 saturated carbocycles. The van der Waals surface area contributed by atoms with Crippen LogP contribution in [0.2, 0.25) is 0 Å². The van der Waals surface area contributed by atoms with Gasteiger partial charge in [-0.25, -0.2) is 0 Å². The number of methoxy groups -OCH3 is 2. The molecule has 3 amide bonds. The number of amides is 3. The summed E-state index contributed by atoms with van der Waals surface area (Å²) in [6.07, 6.45) is 1.57. The fraction of sp³-hybridized carbons (Fsp3) is 0.150. The minimum Gasteiger partial charge on any atom is -0.495 e. The Morgan fingerprint density at radius 1 is 1.17 bits per heavy atom. The summed E-state index contributed by atoms with van der Waals surface area (Å²) in [5, 5.41) is 2.14. The van der Waals surface area contributed by atoms with Crippen molar-refractivity contribution in [2.45, 2.75) is 0 Å². The number of para-hydroxylation sites is 2. The lowest BCUT2D eigenvalue weighted by Gasteiger charge is -2.14. The van der Waals surface area contributed by atoms with Crippen molar-refractivity contribution in [2.75, 3.05) is 26.1 Å². The third-order valence-corrected chi connectivity index (χ3v) is 6.04. The average Bonchev–Trinajstić information content (AvgIpc) is 2.95. The molecule has 2 aromatic carbocycles. The molecule has 0 radical (unpaired) electrons. The van der Waals surface area contributed by atoms with Crippen LogP contribution in [0.4, 0.5) is 10.5 Å². The summed E-state index contributed by atoms with van der Waals surface area (Å²) >= 11 is 7.57. The molecule has 1 aliphatic heterocycles. The second kappa shape index (κ2) is 9.67. The molecule has 1 saturated heterocycles. The number of thioether (sulfide) groups is 1. The van der Waals surface area contributed by atoms with E-state index >= 15 is 0 Å². The Hall–Kier alpha value is -2.30. The number of rotatable bonds is 6. The second-order valence-electron chi connectivity index (χ2n) is 6.03. The predicted molar refractivity (Wildman–Crippen MR) is 123 cm³/mol. The number of halogens is 2. The molecule has 10 heteroatoms. The van der Waals surface area contributed by atoms with Crippen molar-refractivity contribution < 1.29 is 23.9 Å². The molecule has 156 valence electrons. The first-order valence-corrected chi connectivity index (χ1v) is 11.0. The van der Waals surface area contributed by atoms with Gasteiger partial charge in [-0.2, -0.15) is 0 Å². The molecule has 1 aliphatic rings. The summed E-state index contributed by atoms with van der Waals surface area (Å²) in [6.45, 7) is -0.403. The van der Waals surface area contributed by atoms with Crippen LogP contribution in [0.25, 0.3) is 6.08 Å². The summed E-state index contributed by atoms with van der Waals surface area (Å²) in [7, 11) is 3.00. The quantitative estimate of drug-likeness (QED) is 0.510. The summed E-state index contributed by atoms with van der Waals surface area (Å²) in [5.41, 5.74) is 1.07. The van der Waals surface area contributed by atoms with Crippen molar-refractivity contribution in [1.82, 2.24) is 4.90 Å². The van der Waals surface area contributed by atoms with Crippen LogP contribution in [0, 0.1) is 0 Å². The normalized spacial score (nSPS) is 14.9. The summed E-state index contributed by atoms with van der Waals surface area (Å²) in [4.78, 5) is 38.6. The lowest BCUT2D eigenvalue weighted by molar-refractivity contribution is -0.127. The predicted octanol–water partition coefficient (Wildman–Crippen LogP) is 4.90. The molecule has 1 N–H and O–H groups in total. The van der Waals surface area contributed by atoms with Crippen LogP contribution in [0.15, 0.2) is 50.2 Å². The number of ether oxygens (including phenoxy) is 2. The second-order valence-corrected chi connectivity index (χ2v) is 8.79. The molecule has 0 aromatic heterocycles. The van der Waals surface area contributed by atoms with Crippen molar-refractivity contribution in [1.29, 1.82) is 0 Å². The molecule has 0 bridgehead atoms. The first-order valence-electron chi connectivity index (χ1n) is 8.55. The highest BCUT2D eigenvalue weighted by atomic mass is 79.9. The van der Waals surface area contributed by atoms with E-state index in [-0.39, 0.29) is 4.91 Å². The van der Waals surface area contributed by atoms with Gasteiger partial charge in [0, 0.05) is 10.0 Å². The molecular formula is C20H16Br2N2O5S. The first kappa shape index (κ1) is 22.4. The molecule has 0 spiro atoms. The lowest BCUT2D eigenvalue weighted by Crippen LogP contribution is -2.36. The van der Waals surface area contributed by atoms with Crippen molar-refractivity contribution in [2.24, 2.45) is 0 Å². The van der Waals surface area contributed by atoms with E-state index in [1.54, 1.807) is 36.4 Å². The fourth-order valence-electron chi connectivity index (χ4n) is 2.76. The summed E-state index contributed by atoms with van der Waals surface area (Å²) in [6, 6.07) is 10.5. The lowest BCUT2D eigenvalue weighted by atomic mass is 10.2. The number of anilines is 1. The van der Waals surface area contributed by atoms with Gasteiger partial charge in [0.05, 0.1) is 29.3 Å². The van der Waals surface area contributed by atoms with Gasteiger partial charge >= 0.3 is 0 Å². The van der Waals surface area contributed by atoms with Crippen molar-refractivity contribution in [3.05, 3.63) is 55.8 Å². The molecule has 7 nitrogen and oxygen atoms in total. The molecule has 0 atom stereocenters. The Balaban J connectivity index is 1.78. The van der Waals surface area contributed by atoms with E-state index in [1.165, 1.54) is 14.2 Å². The summed E-state index contributed by atoms with van der Waals surface area (Å²) < 4.78 is 12.0. The molecule has 3 rings (SSSR count). The minimum atomic E-state index is -0.543. The zero-order valence-electron chi connectivity index (χ0n) is 15.9. The highest BCUT2D eigenvalue weighted by Gasteiger charge is 2.36. The maximum atomic E-state index is 12.7. The van der Waals surface area contributed by atoms with Crippen LogP contribution in [0.3, 0.4) is 0 Å². The van der Waals surface area contributed by atoms with E-state index in [1.807, 2.05) is 6.07 Å². The van der Waals surface area contributed by atoms with Gasteiger partial charge in [0.25, 0.3) is 11.1 Å². The number of hydrogen-bond acceptors (Lipinski definition) is 6. The van der Waals surface area contributed by atoms with Gasteiger partial charge in [0.2, 0.25) is 5.91 Å². The molecule has 0 unspecified atom stereocenters. The highest BCUT2D eigenvalue weighted by molar-refractivity contribution is 9.11. The maximum Gasteiger partial charge on any atom is 0.294 e. The standard InChI is InChI=1S/C20H16Br2N2O5S/c1-28-15-6-4-3-5-14(15)23-17(25)10-24-19(26)16(30-20(24)27)8-11-7-12(21)9-13(22)18(11)29-2/h3-9H,10H2,1-2H3,(H,23,25)/b16-8+. The van der Waals surface area contributed by atoms with Crippen molar-refractivity contribution in [3.8, 4) is 11.5 Å². The summed E-state index contributed by atoms with van der Waals surface area (Å²) in [5.74, 6) is -0.0460. The zero-order valence-corrected chi connectivity index (χ0v) is 19.9. The molecule has 1 fully saturated rings. The zero-order chi connectivity index (χ0) is 21.8. The number of hydrogen-bond donors (Lipinski definition) is 1. The van der Waals surface area contributed by atoms with Crippen LogP contribution in [0.1, 0.15) is 5.56 Å². The Bertz CT molecular complexity index is 1060. The van der Waals surface area contributed by atoms with Crippen LogP contribution >= 0.6 is 43.6 Å². The van der Waals surface area contributed by atoms with Gasteiger partial charge in [-0.3, -0.25) is 19.3 Å². The number of nitrogens with one attached hydrogen (secondary N) is 1. The van der Waals surface area contributed by atoms with E-state index in [9.17, 15) is 14.4 Å². The third-order valence-electron chi connectivity index (χ3n) is 4.08. The van der Waals surface area contributed by atoms with Gasteiger partial charge in [-0.15, -0.1) is 0 Å². The smallest absolute Gasteiger partial charge is 0.294 e. The van der Waals surface area contributed by atoms with Gasteiger partial charge in [-0.1, -0.05) is 28.1 Å². The average molecular weight is 556 g/mol. The van der Waals surface area contributed by atoms with Gasteiger partial charge in [-0.05, 0) is 58.0 Å². The third kappa shape index (κ3) is 4.88. The minimum absolute atomic E-state index is 0.202. The van der Waals surface area contributed by atoms with E-state index in [2.05, 4.69) is 37.2 Å². The van der Waals surface area contributed by atoms with Crippen LogP contribution in [-0.4, -0.2) is 42.7 Å². The van der Waals surface area contributed by atoms with Crippen molar-refractivity contribution >= 4 is 72.4 Å². The number of carbonyl (C=O) groups is 3. The van der Waals surface area contributed by atoms with Gasteiger partial charge < -0.3 is 14.8 Å². The van der Waals surface area contributed by atoms with Crippen molar-refractivity contribution in [3.63, 3.8) is 0 Å². The molecular weight excluding hydrogens is 540 g/mol.